The van der Waals surface area contributed by atoms with Crippen LogP contribution in [0.1, 0.15) is 102 Å². The van der Waals surface area contributed by atoms with Gasteiger partial charge in [-0.1, -0.05) is 51.7 Å². The highest BCUT2D eigenvalue weighted by Crippen LogP contribution is 2.37. The second-order valence-corrected chi connectivity index (χ2v) is 8.98. The van der Waals surface area contributed by atoms with Crippen molar-refractivity contribution in [1.82, 2.24) is 0 Å². The summed E-state index contributed by atoms with van der Waals surface area (Å²) in [6.07, 6.45) is 15.0. The molecule has 2 fully saturated rings. The molecule has 0 unspecified atom stereocenters. The first kappa shape index (κ1) is 20.4. The number of carbonyl (C=O) groups excluding carboxylic acids is 1. The molecule has 0 spiro atoms. The van der Waals surface area contributed by atoms with Gasteiger partial charge in [-0.25, -0.2) is 0 Å². The largest absolute Gasteiger partial charge is 0.426 e. The number of rotatable bonds is 7. The van der Waals surface area contributed by atoms with E-state index in [1.807, 2.05) is 12.1 Å². The monoisotopic (exact) mass is 370 g/mol. The first-order valence-electron chi connectivity index (χ1n) is 11.5. The second-order valence-electron chi connectivity index (χ2n) is 8.98. The molecule has 1 aromatic rings. The molecule has 27 heavy (non-hydrogen) atoms. The fourth-order valence-corrected chi connectivity index (χ4v) is 5.09. The molecule has 0 aliphatic heterocycles. The summed E-state index contributed by atoms with van der Waals surface area (Å²) in [5.74, 6) is 3.26. The Morgan fingerprint density at radius 1 is 0.889 bits per heavy atom. The van der Waals surface area contributed by atoms with E-state index in [2.05, 4.69) is 26.0 Å². The Hall–Kier alpha value is -1.31. The molecule has 3 rings (SSSR count). The van der Waals surface area contributed by atoms with E-state index in [9.17, 15) is 4.79 Å². The van der Waals surface area contributed by atoms with Crippen LogP contribution in [0.5, 0.6) is 5.75 Å². The summed E-state index contributed by atoms with van der Waals surface area (Å²) in [6.45, 7) is 4.57. The summed E-state index contributed by atoms with van der Waals surface area (Å²) in [5, 5.41) is 0. The second kappa shape index (κ2) is 10.3. The minimum absolute atomic E-state index is 0.0138. The van der Waals surface area contributed by atoms with Gasteiger partial charge in [-0.3, -0.25) is 4.79 Å². The molecule has 0 atom stereocenters. The van der Waals surface area contributed by atoms with Gasteiger partial charge in [-0.2, -0.15) is 0 Å². The number of esters is 1. The average Bonchev–Trinajstić information content (AvgIpc) is 2.73. The predicted octanol–water partition coefficient (Wildman–Crippen LogP) is 7.27. The molecule has 2 saturated carbocycles. The van der Waals surface area contributed by atoms with Crippen molar-refractivity contribution in [3.8, 4) is 5.75 Å². The van der Waals surface area contributed by atoms with E-state index in [1.165, 1.54) is 69.8 Å². The van der Waals surface area contributed by atoms with Crippen molar-refractivity contribution in [2.24, 2.45) is 17.8 Å². The van der Waals surface area contributed by atoms with Crippen LogP contribution in [0, 0.1) is 17.8 Å². The van der Waals surface area contributed by atoms with E-state index in [-0.39, 0.29) is 11.9 Å². The standard InChI is InChI=1S/C25H38O2/c1-3-5-6-20-9-13-23(14-10-20)25(26)27-24-17-15-22(16-18-24)21-11-7-19(4-2)8-12-21/h15-21,23H,3-14H2,1-2H3. The molecule has 0 aromatic heterocycles. The number of carbonyl (C=O) groups is 1. The summed E-state index contributed by atoms with van der Waals surface area (Å²) in [4.78, 5) is 12.5. The number of hydrogen-bond acceptors (Lipinski definition) is 2. The normalized spacial score (nSPS) is 28.7. The lowest BCUT2D eigenvalue weighted by Gasteiger charge is -2.28. The van der Waals surface area contributed by atoms with Gasteiger partial charge in [0, 0.05) is 0 Å². The minimum atomic E-state index is -0.0138. The zero-order valence-electron chi connectivity index (χ0n) is 17.4. The van der Waals surface area contributed by atoms with E-state index in [0.29, 0.717) is 5.92 Å². The highest BCUT2D eigenvalue weighted by molar-refractivity contribution is 5.75. The third-order valence-electron chi connectivity index (χ3n) is 7.14. The smallest absolute Gasteiger partial charge is 0.314 e. The first-order chi connectivity index (χ1) is 13.2. The van der Waals surface area contributed by atoms with Gasteiger partial charge in [0.05, 0.1) is 5.92 Å². The van der Waals surface area contributed by atoms with Crippen LogP contribution < -0.4 is 4.74 Å². The molecule has 2 aliphatic rings. The summed E-state index contributed by atoms with van der Waals surface area (Å²) in [6, 6.07) is 8.38. The Labute approximate surface area is 166 Å². The quantitative estimate of drug-likeness (QED) is 0.372. The number of unbranched alkanes of at least 4 members (excludes halogenated alkanes) is 1. The molecule has 2 heteroatoms. The van der Waals surface area contributed by atoms with Crippen molar-refractivity contribution in [2.75, 3.05) is 0 Å². The van der Waals surface area contributed by atoms with Gasteiger partial charge in [-0.05, 0) is 86.8 Å². The summed E-state index contributed by atoms with van der Waals surface area (Å²) in [5.41, 5.74) is 1.42. The van der Waals surface area contributed by atoms with Gasteiger partial charge in [0.15, 0.2) is 0 Å². The highest BCUT2D eigenvalue weighted by atomic mass is 16.5. The van der Waals surface area contributed by atoms with Crippen molar-refractivity contribution in [3.63, 3.8) is 0 Å². The maximum Gasteiger partial charge on any atom is 0.314 e. The lowest BCUT2D eigenvalue weighted by atomic mass is 9.78. The van der Waals surface area contributed by atoms with Gasteiger partial charge in [-0.15, -0.1) is 0 Å². The van der Waals surface area contributed by atoms with Gasteiger partial charge >= 0.3 is 5.97 Å². The molecule has 0 saturated heterocycles. The zero-order valence-corrected chi connectivity index (χ0v) is 17.4. The molecular formula is C25H38O2. The molecule has 0 heterocycles. The number of hydrogen-bond donors (Lipinski definition) is 0. The van der Waals surface area contributed by atoms with Crippen LogP contribution in [0.15, 0.2) is 24.3 Å². The maximum absolute atomic E-state index is 12.5. The molecular weight excluding hydrogens is 332 g/mol. The van der Waals surface area contributed by atoms with E-state index < -0.39 is 0 Å². The molecule has 2 aliphatic carbocycles. The zero-order chi connectivity index (χ0) is 19.1. The van der Waals surface area contributed by atoms with Crippen molar-refractivity contribution < 1.29 is 9.53 Å². The fraction of sp³-hybridized carbons (Fsp3) is 0.720. The minimum Gasteiger partial charge on any atom is -0.426 e. The maximum atomic E-state index is 12.5. The van der Waals surface area contributed by atoms with Crippen LogP contribution in [0.25, 0.3) is 0 Å². The highest BCUT2D eigenvalue weighted by Gasteiger charge is 2.27. The van der Waals surface area contributed by atoms with E-state index in [0.717, 1.165) is 30.4 Å². The van der Waals surface area contributed by atoms with Crippen LogP contribution in [-0.4, -0.2) is 5.97 Å². The third-order valence-corrected chi connectivity index (χ3v) is 7.14. The van der Waals surface area contributed by atoms with E-state index >= 15 is 0 Å². The van der Waals surface area contributed by atoms with Crippen LogP contribution in [-0.2, 0) is 4.79 Å². The lowest BCUT2D eigenvalue weighted by molar-refractivity contribution is -0.140. The van der Waals surface area contributed by atoms with Crippen molar-refractivity contribution in [3.05, 3.63) is 29.8 Å². The molecule has 1 aromatic carbocycles. The molecule has 0 N–H and O–H groups in total. The SMILES string of the molecule is CCCCC1CCC(C(=O)Oc2ccc(C3CCC(CC)CC3)cc2)CC1. The molecule has 150 valence electrons. The molecule has 0 amide bonds. The van der Waals surface area contributed by atoms with Crippen LogP contribution in [0.4, 0.5) is 0 Å². The average molecular weight is 371 g/mol. The van der Waals surface area contributed by atoms with Crippen LogP contribution in [0.2, 0.25) is 0 Å². The van der Waals surface area contributed by atoms with Crippen molar-refractivity contribution >= 4 is 5.97 Å². The Kier molecular flexibility index (Phi) is 7.79. The Morgan fingerprint density at radius 2 is 1.52 bits per heavy atom. The lowest BCUT2D eigenvalue weighted by Crippen LogP contribution is -2.25. The summed E-state index contributed by atoms with van der Waals surface area (Å²) < 4.78 is 5.71. The molecule has 0 radical (unpaired) electrons. The Balaban J connectivity index is 1.45. The van der Waals surface area contributed by atoms with E-state index in [1.54, 1.807) is 0 Å². The molecule has 2 nitrogen and oxygen atoms in total. The van der Waals surface area contributed by atoms with Gasteiger partial charge in [0.2, 0.25) is 0 Å². The predicted molar refractivity (Wildman–Crippen MR) is 112 cm³/mol. The summed E-state index contributed by atoms with van der Waals surface area (Å²) >= 11 is 0. The Bertz CT molecular complexity index is 560. The fourth-order valence-electron chi connectivity index (χ4n) is 5.09. The molecule has 0 bridgehead atoms. The van der Waals surface area contributed by atoms with Gasteiger partial charge in [0.1, 0.15) is 5.75 Å². The first-order valence-corrected chi connectivity index (χ1v) is 11.5. The third kappa shape index (κ3) is 5.83. The van der Waals surface area contributed by atoms with E-state index in [4.69, 9.17) is 4.74 Å². The topological polar surface area (TPSA) is 26.3 Å². The van der Waals surface area contributed by atoms with Crippen LogP contribution >= 0.6 is 0 Å². The van der Waals surface area contributed by atoms with Gasteiger partial charge < -0.3 is 4.74 Å². The number of benzene rings is 1. The van der Waals surface area contributed by atoms with Crippen LogP contribution in [0.3, 0.4) is 0 Å². The summed E-state index contributed by atoms with van der Waals surface area (Å²) in [7, 11) is 0. The van der Waals surface area contributed by atoms with Gasteiger partial charge in [0.25, 0.3) is 0 Å². The van der Waals surface area contributed by atoms with Crippen molar-refractivity contribution in [2.45, 2.75) is 96.8 Å². The van der Waals surface area contributed by atoms with Crippen molar-refractivity contribution in [1.29, 1.82) is 0 Å². The Morgan fingerprint density at radius 3 is 2.11 bits per heavy atom. The number of ether oxygens (including phenoxy) is 1.